The molecule has 12 unspecified atom stereocenters. The van der Waals surface area contributed by atoms with Gasteiger partial charge in [0.2, 0.25) is 5.91 Å². The molecular weight excluding hydrogens is 650 g/mol. The number of nitrogens with one attached hydrogen (secondary N) is 1. The van der Waals surface area contributed by atoms with Crippen LogP contribution in [0.15, 0.2) is 59.8 Å². The van der Waals surface area contributed by atoms with E-state index < -0.39 is 24.0 Å². The molecule has 1 spiro atoms. The van der Waals surface area contributed by atoms with Gasteiger partial charge in [0, 0.05) is 30.1 Å². The fourth-order valence-electron chi connectivity index (χ4n) is 8.47. The number of amides is 1. The molecule has 2 fully saturated rings. The van der Waals surface area contributed by atoms with Gasteiger partial charge in [0.05, 0.1) is 36.1 Å². The highest BCUT2D eigenvalue weighted by Crippen LogP contribution is 2.45. The Morgan fingerprint density at radius 2 is 1.77 bits per heavy atom. The lowest BCUT2D eigenvalue weighted by Gasteiger charge is -2.51. The van der Waals surface area contributed by atoms with Gasteiger partial charge in [-0.15, -0.1) is 0 Å². The third-order valence-electron chi connectivity index (χ3n) is 12.5. The molecule has 0 aromatic rings. The van der Waals surface area contributed by atoms with Crippen LogP contribution in [0.5, 0.6) is 0 Å². The molecule has 3 aliphatic heterocycles. The van der Waals surface area contributed by atoms with E-state index in [2.05, 4.69) is 93.6 Å². The average Bonchev–Trinajstić information content (AvgIpc) is 3.06. The lowest BCUT2D eigenvalue weighted by molar-refractivity contribution is -0.182. The molecule has 1 amide bonds. The van der Waals surface area contributed by atoms with Gasteiger partial charge in [0.1, 0.15) is 0 Å². The van der Waals surface area contributed by atoms with Gasteiger partial charge in [0.15, 0.2) is 5.72 Å². The van der Waals surface area contributed by atoms with Crippen molar-refractivity contribution in [2.75, 3.05) is 0 Å². The first-order valence-corrected chi connectivity index (χ1v) is 20.3. The molecule has 0 aromatic carbocycles. The molecule has 0 bridgehead atoms. The molecule has 7 heteroatoms. The highest BCUT2D eigenvalue weighted by atomic mass is 16.5. The highest BCUT2D eigenvalue weighted by Gasteiger charge is 2.51. The second-order valence-corrected chi connectivity index (χ2v) is 18.3. The van der Waals surface area contributed by atoms with Crippen molar-refractivity contribution in [1.82, 2.24) is 5.32 Å². The summed E-state index contributed by atoms with van der Waals surface area (Å²) in [7, 11) is 0. The molecule has 7 nitrogen and oxygen atoms in total. The number of aliphatic hydroxyl groups excluding tert-OH is 3. The van der Waals surface area contributed by atoms with Crippen LogP contribution in [0.25, 0.3) is 0 Å². The second kappa shape index (κ2) is 19.0. The summed E-state index contributed by atoms with van der Waals surface area (Å²) >= 11 is 0. The minimum atomic E-state index is -0.785. The fourth-order valence-corrected chi connectivity index (χ4v) is 8.47. The Bertz CT molecular complexity index is 1300. The van der Waals surface area contributed by atoms with E-state index in [1.165, 1.54) is 0 Å². The molecule has 2 saturated heterocycles. The van der Waals surface area contributed by atoms with E-state index in [9.17, 15) is 20.1 Å². The monoisotopic (exact) mass is 726 g/mol. The lowest BCUT2D eigenvalue weighted by atomic mass is 9.68. The van der Waals surface area contributed by atoms with E-state index in [1.807, 2.05) is 43.4 Å². The molecule has 52 heavy (non-hydrogen) atoms. The summed E-state index contributed by atoms with van der Waals surface area (Å²) in [6.07, 6.45) is 20.3. The first-order valence-electron chi connectivity index (χ1n) is 20.3. The van der Waals surface area contributed by atoms with Gasteiger partial charge in [-0.25, -0.2) is 0 Å². The Labute approximate surface area is 317 Å². The Balaban J connectivity index is 1.43. The van der Waals surface area contributed by atoms with Crippen LogP contribution < -0.4 is 5.32 Å². The summed E-state index contributed by atoms with van der Waals surface area (Å²) in [4.78, 5) is 12.8. The predicted molar refractivity (Wildman–Crippen MR) is 213 cm³/mol. The van der Waals surface area contributed by atoms with Gasteiger partial charge < -0.3 is 30.1 Å². The fraction of sp³-hybridized carbons (Fsp3) is 0.756. The van der Waals surface area contributed by atoms with Crippen LogP contribution in [0.3, 0.4) is 0 Å². The Morgan fingerprint density at radius 1 is 1.08 bits per heavy atom. The Morgan fingerprint density at radius 3 is 2.42 bits per heavy atom. The van der Waals surface area contributed by atoms with Crippen molar-refractivity contribution in [2.45, 2.75) is 176 Å². The van der Waals surface area contributed by atoms with E-state index in [0.29, 0.717) is 18.8 Å². The molecule has 0 aliphatic carbocycles. The number of ether oxygens (including phenoxy) is 2. The summed E-state index contributed by atoms with van der Waals surface area (Å²) in [6, 6.07) is 0. The Hall–Kier alpha value is -2.03. The molecule has 3 heterocycles. The minimum absolute atomic E-state index is 0.0102. The zero-order chi connectivity index (χ0) is 39.0. The zero-order valence-electron chi connectivity index (χ0n) is 34.7. The maximum atomic E-state index is 12.8. The van der Waals surface area contributed by atoms with Gasteiger partial charge in [-0.05, 0) is 101 Å². The molecular formula is C45H75NO6. The summed E-state index contributed by atoms with van der Waals surface area (Å²) in [6.45, 7) is 25.6. The van der Waals surface area contributed by atoms with Gasteiger partial charge >= 0.3 is 0 Å². The number of allylic oxidation sites excluding steroid dienone is 5. The van der Waals surface area contributed by atoms with Crippen molar-refractivity contribution in [2.24, 2.45) is 40.9 Å². The van der Waals surface area contributed by atoms with Crippen molar-refractivity contribution >= 4 is 5.91 Å². The largest absolute Gasteiger partial charge is 0.393 e. The van der Waals surface area contributed by atoms with E-state index in [1.54, 1.807) is 0 Å². The van der Waals surface area contributed by atoms with Crippen molar-refractivity contribution in [3.8, 4) is 0 Å². The van der Waals surface area contributed by atoms with Crippen molar-refractivity contribution in [3.63, 3.8) is 0 Å². The molecule has 12 atom stereocenters. The van der Waals surface area contributed by atoms with Crippen LogP contribution >= 0.6 is 0 Å². The Kier molecular flexibility index (Phi) is 16.2. The maximum Gasteiger partial charge on any atom is 0.225 e. The second-order valence-electron chi connectivity index (χ2n) is 18.3. The van der Waals surface area contributed by atoms with Gasteiger partial charge in [-0.3, -0.25) is 4.79 Å². The van der Waals surface area contributed by atoms with E-state index in [-0.39, 0.29) is 58.7 Å². The van der Waals surface area contributed by atoms with Crippen LogP contribution in [0.1, 0.15) is 134 Å². The van der Waals surface area contributed by atoms with Crippen LogP contribution in [-0.4, -0.2) is 63.1 Å². The first kappa shape index (κ1) is 44.4. The summed E-state index contributed by atoms with van der Waals surface area (Å²) < 4.78 is 13.2. The number of hydrogen-bond donors (Lipinski definition) is 4. The van der Waals surface area contributed by atoms with Crippen LogP contribution in [0.2, 0.25) is 0 Å². The summed E-state index contributed by atoms with van der Waals surface area (Å²) in [5, 5.41) is 36.1. The zero-order valence-corrected chi connectivity index (χ0v) is 34.7. The molecule has 4 N–H and O–H groups in total. The normalized spacial score (nSPS) is 33.3. The van der Waals surface area contributed by atoms with E-state index >= 15 is 0 Å². The summed E-state index contributed by atoms with van der Waals surface area (Å²) in [5.74, 6) is 0.834. The van der Waals surface area contributed by atoms with E-state index in [4.69, 9.17) is 9.47 Å². The maximum absolute atomic E-state index is 12.8. The topological polar surface area (TPSA) is 108 Å². The van der Waals surface area contributed by atoms with Crippen LogP contribution in [0, 0.1) is 40.9 Å². The number of carbonyl (C=O) groups excluding carboxylic acids is 1. The smallest absolute Gasteiger partial charge is 0.225 e. The van der Waals surface area contributed by atoms with Crippen molar-refractivity contribution in [1.29, 1.82) is 0 Å². The van der Waals surface area contributed by atoms with Crippen LogP contribution in [-0.2, 0) is 14.3 Å². The molecule has 3 aliphatic rings. The van der Waals surface area contributed by atoms with Crippen molar-refractivity contribution in [3.05, 3.63) is 59.8 Å². The molecule has 0 aromatic heterocycles. The van der Waals surface area contributed by atoms with Crippen molar-refractivity contribution < 1.29 is 29.6 Å². The third kappa shape index (κ3) is 11.7. The number of aliphatic hydroxyl groups is 3. The quantitative estimate of drug-likeness (QED) is 0.0992. The van der Waals surface area contributed by atoms with Crippen LogP contribution in [0.4, 0.5) is 0 Å². The van der Waals surface area contributed by atoms with Gasteiger partial charge in [0.25, 0.3) is 0 Å². The third-order valence-corrected chi connectivity index (χ3v) is 12.5. The van der Waals surface area contributed by atoms with Gasteiger partial charge in [-0.2, -0.15) is 0 Å². The lowest BCUT2D eigenvalue weighted by Crippen LogP contribution is -2.64. The summed E-state index contributed by atoms with van der Waals surface area (Å²) in [5.41, 5.74) is 1.09. The number of rotatable bonds is 15. The number of carbonyl (C=O) groups is 1. The first-order chi connectivity index (χ1) is 24.2. The average molecular weight is 726 g/mol. The predicted octanol–water partition coefficient (Wildman–Crippen LogP) is 9.00. The molecule has 0 saturated carbocycles. The molecule has 296 valence electrons. The van der Waals surface area contributed by atoms with E-state index in [0.717, 1.165) is 49.7 Å². The standard InChI is InChI=1S/C45H75NO6/c1-13-35-27-33(6)45(46-42(35)50)32(5)26-31(4)40(51-45)28-39(49)30(3)21-17-14-16-20-29(2)37(47)22-18-15-19-23-38(48)34(7)41-36(43(8,9)10)24-25-44(11,12)52-41/h14-16,18-20,23,26,30-31,33-41,47-49H,13,17,21-22,24-25,27-28H2,1-12H3,(H,46,50)/b16-14+,18-15+,23-19+,29-20+. The number of hydrogen-bond acceptors (Lipinski definition) is 6. The molecule has 3 rings (SSSR count). The SMILES string of the molecule is CCC1CC(C)C2(NC1=O)OC(CC(O)C(C)CC/C=C/C=C(\C)C(O)C/C=C/C=C/C(O)C(C)C1OC(C)(C)CCC1C(C)(C)C)C(C)C=C2C. The van der Waals surface area contributed by atoms with Gasteiger partial charge in [-0.1, -0.05) is 104 Å². The molecule has 0 radical (unpaired) electrons. The number of piperidine rings is 1. The highest BCUT2D eigenvalue weighted by molar-refractivity contribution is 5.81. The minimum Gasteiger partial charge on any atom is -0.393 e.